The maximum Gasteiger partial charge on any atom is 0.0124 e. The molecule has 1 saturated heterocycles. The van der Waals surface area contributed by atoms with Crippen molar-refractivity contribution in [2.24, 2.45) is 11.3 Å². The van der Waals surface area contributed by atoms with E-state index in [1.807, 2.05) is 0 Å². The van der Waals surface area contributed by atoms with Crippen molar-refractivity contribution < 1.29 is 0 Å². The minimum atomic E-state index is 0.657. The van der Waals surface area contributed by atoms with Gasteiger partial charge >= 0.3 is 0 Å². The molecule has 2 heteroatoms. The van der Waals surface area contributed by atoms with E-state index in [4.69, 9.17) is 0 Å². The van der Waals surface area contributed by atoms with E-state index in [-0.39, 0.29) is 0 Å². The molecule has 0 radical (unpaired) electrons. The molecule has 2 aliphatic carbocycles. The normalized spacial score (nSPS) is 33.7. The van der Waals surface area contributed by atoms with E-state index >= 15 is 0 Å². The molecular formula is C15H28N2. The second-order valence-corrected chi connectivity index (χ2v) is 6.97. The average Bonchev–Trinajstić information content (AvgIpc) is 3.22. The Morgan fingerprint density at radius 3 is 2.59 bits per heavy atom. The predicted octanol–water partition coefficient (Wildman–Crippen LogP) is 2.64. The third-order valence-electron chi connectivity index (χ3n) is 5.43. The van der Waals surface area contributed by atoms with Crippen LogP contribution in [-0.4, -0.2) is 36.6 Å². The molecule has 3 rings (SSSR count). The third kappa shape index (κ3) is 2.68. The Morgan fingerprint density at radius 1 is 1.29 bits per heavy atom. The molecule has 17 heavy (non-hydrogen) atoms. The highest BCUT2D eigenvalue weighted by Gasteiger charge is 2.48. The zero-order valence-electron chi connectivity index (χ0n) is 11.5. The summed E-state index contributed by atoms with van der Waals surface area (Å²) in [6, 6.07) is 1.75. The van der Waals surface area contributed by atoms with Crippen LogP contribution in [0.2, 0.25) is 0 Å². The summed E-state index contributed by atoms with van der Waals surface area (Å²) in [6.45, 7) is 8.84. The Bertz CT molecular complexity index is 262. The maximum atomic E-state index is 3.57. The Morgan fingerprint density at radius 2 is 2.06 bits per heavy atom. The van der Waals surface area contributed by atoms with Gasteiger partial charge in [-0.1, -0.05) is 6.92 Å². The molecule has 0 amide bonds. The highest BCUT2D eigenvalue weighted by Crippen LogP contribution is 2.51. The summed E-state index contributed by atoms with van der Waals surface area (Å²) in [5.74, 6) is 0.911. The van der Waals surface area contributed by atoms with Crippen molar-refractivity contribution in [2.45, 2.75) is 64.5 Å². The van der Waals surface area contributed by atoms with Gasteiger partial charge in [0.05, 0.1) is 0 Å². The SMILES string of the molecule is CC(N(CC1CCCNC1)C1CC1)C1(C)CC1. The number of piperidine rings is 1. The van der Waals surface area contributed by atoms with Gasteiger partial charge in [0.2, 0.25) is 0 Å². The van der Waals surface area contributed by atoms with Crippen LogP contribution in [0.3, 0.4) is 0 Å². The number of hydrogen-bond acceptors (Lipinski definition) is 2. The molecule has 2 atom stereocenters. The van der Waals surface area contributed by atoms with E-state index in [9.17, 15) is 0 Å². The molecular weight excluding hydrogens is 208 g/mol. The standard InChI is InChI=1S/C15H28N2/c1-12(15(2)7-8-15)17(14-5-6-14)11-13-4-3-9-16-10-13/h12-14,16H,3-11H2,1-2H3. The fraction of sp³-hybridized carbons (Fsp3) is 1.00. The van der Waals surface area contributed by atoms with Crippen LogP contribution in [0, 0.1) is 11.3 Å². The molecule has 0 aromatic heterocycles. The van der Waals surface area contributed by atoms with Gasteiger partial charge in [-0.3, -0.25) is 4.90 Å². The van der Waals surface area contributed by atoms with Crippen LogP contribution in [0.25, 0.3) is 0 Å². The Balaban J connectivity index is 1.59. The molecule has 0 bridgehead atoms. The molecule has 0 aromatic rings. The third-order valence-corrected chi connectivity index (χ3v) is 5.43. The summed E-state index contributed by atoms with van der Waals surface area (Å²) in [7, 11) is 0. The first-order valence-corrected chi connectivity index (χ1v) is 7.65. The first-order valence-electron chi connectivity index (χ1n) is 7.65. The lowest BCUT2D eigenvalue weighted by Gasteiger charge is -2.37. The summed E-state index contributed by atoms with van der Waals surface area (Å²) >= 11 is 0. The topological polar surface area (TPSA) is 15.3 Å². The smallest absolute Gasteiger partial charge is 0.0124 e. The van der Waals surface area contributed by atoms with Crippen molar-refractivity contribution in [2.75, 3.05) is 19.6 Å². The van der Waals surface area contributed by atoms with Crippen molar-refractivity contribution in [3.8, 4) is 0 Å². The largest absolute Gasteiger partial charge is 0.316 e. The van der Waals surface area contributed by atoms with Crippen molar-refractivity contribution in [3.05, 3.63) is 0 Å². The number of rotatable bonds is 5. The zero-order chi connectivity index (χ0) is 11.9. The lowest BCUT2D eigenvalue weighted by atomic mass is 9.94. The van der Waals surface area contributed by atoms with Crippen molar-refractivity contribution in [1.82, 2.24) is 10.2 Å². The second kappa shape index (κ2) is 4.55. The van der Waals surface area contributed by atoms with Gasteiger partial charge < -0.3 is 5.32 Å². The van der Waals surface area contributed by atoms with Crippen molar-refractivity contribution >= 4 is 0 Å². The molecule has 1 aliphatic heterocycles. The average molecular weight is 236 g/mol. The fourth-order valence-corrected chi connectivity index (χ4v) is 3.42. The van der Waals surface area contributed by atoms with Crippen LogP contribution in [0.4, 0.5) is 0 Å². The quantitative estimate of drug-likeness (QED) is 0.789. The van der Waals surface area contributed by atoms with Crippen LogP contribution in [0.1, 0.15) is 52.4 Å². The first kappa shape index (κ1) is 12.0. The molecule has 0 aromatic carbocycles. The van der Waals surface area contributed by atoms with E-state index in [1.54, 1.807) is 0 Å². The summed E-state index contributed by atoms with van der Waals surface area (Å²) in [4.78, 5) is 2.87. The number of nitrogens with zero attached hydrogens (tertiary/aromatic N) is 1. The summed E-state index contributed by atoms with van der Waals surface area (Å²) in [6.07, 6.45) is 8.66. The Kier molecular flexibility index (Phi) is 3.20. The predicted molar refractivity (Wildman–Crippen MR) is 72.1 cm³/mol. The fourth-order valence-electron chi connectivity index (χ4n) is 3.42. The van der Waals surface area contributed by atoms with Gasteiger partial charge in [0.15, 0.2) is 0 Å². The number of hydrogen-bond donors (Lipinski definition) is 1. The monoisotopic (exact) mass is 236 g/mol. The van der Waals surface area contributed by atoms with Gasteiger partial charge in [-0.25, -0.2) is 0 Å². The molecule has 98 valence electrons. The molecule has 2 unspecified atom stereocenters. The molecule has 3 aliphatic rings. The van der Waals surface area contributed by atoms with Gasteiger partial charge in [-0.15, -0.1) is 0 Å². The van der Waals surface area contributed by atoms with E-state index < -0.39 is 0 Å². The van der Waals surface area contributed by atoms with E-state index in [0.29, 0.717) is 5.41 Å². The van der Waals surface area contributed by atoms with Crippen LogP contribution in [-0.2, 0) is 0 Å². The second-order valence-electron chi connectivity index (χ2n) is 6.97. The molecule has 0 spiro atoms. The van der Waals surface area contributed by atoms with Crippen molar-refractivity contribution in [3.63, 3.8) is 0 Å². The van der Waals surface area contributed by atoms with Gasteiger partial charge in [0.25, 0.3) is 0 Å². The maximum absolute atomic E-state index is 3.57. The van der Waals surface area contributed by atoms with Crippen LogP contribution in [0.5, 0.6) is 0 Å². The summed E-state index contributed by atoms with van der Waals surface area (Å²) in [5, 5.41) is 3.57. The van der Waals surface area contributed by atoms with Gasteiger partial charge in [-0.05, 0) is 69.9 Å². The number of nitrogens with one attached hydrogen (secondary N) is 1. The van der Waals surface area contributed by atoms with Crippen LogP contribution < -0.4 is 5.32 Å². The molecule has 3 fully saturated rings. The summed E-state index contributed by atoms with van der Waals surface area (Å²) in [5.41, 5.74) is 0.657. The minimum Gasteiger partial charge on any atom is -0.316 e. The van der Waals surface area contributed by atoms with Crippen LogP contribution >= 0.6 is 0 Å². The minimum absolute atomic E-state index is 0.657. The van der Waals surface area contributed by atoms with Gasteiger partial charge in [0.1, 0.15) is 0 Å². The highest BCUT2D eigenvalue weighted by molar-refractivity contribution is 5.01. The Labute approximate surface area is 106 Å². The van der Waals surface area contributed by atoms with E-state index in [0.717, 1.165) is 18.0 Å². The van der Waals surface area contributed by atoms with Gasteiger partial charge in [0, 0.05) is 18.6 Å². The lowest BCUT2D eigenvalue weighted by Crippen LogP contribution is -2.46. The van der Waals surface area contributed by atoms with E-state index in [2.05, 4.69) is 24.1 Å². The summed E-state index contributed by atoms with van der Waals surface area (Å²) < 4.78 is 0. The lowest BCUT2D eigenvalue weighted by molar-refractivity contribution is 0.110. The molecule has 1 N–H and O–H groups in total. The first-order chi connectivity index (χ1) is 8.19. The molecule has 2 nitrogen and oxygen atoms in total. The highest BCUT2D eigenvalue weighted by atomic mass is 15.2. The molecule has 1 heterocycles. The van der Waals surface area contributed by atoms with Crippen LogP contribution in [0.15, 0.2) is 0 Å². The van der Waals surface area contributed by atoms with E-state index in [1.165, 1.54) is 58.2 Å². The Hall–Kier alpha value is -0.0800. The molecule has 2 saturated carbocycles. The van der Waals surface area contributed by atoms with Crippen molar-refractivity contribution in [1.29, 1.82) is 0 Å². The zero-order valence-corrected chi connectivity index (χ0v) is 11.5. The van der Waals surface area contributed by atoms with Gasteiger partial charge in [-0.2, -0.15) is 0 Å².